The van der Waals surface area contributed by atoms with Crippen LogP contribution in [0.15, 0.2) is 12.4 Å². The number of nitro groups is 1. The fraction of sp³-hybridized carbons (Fsp3) is 0.714. The van der Waals surface area contributed by atoms with Crippen molar-refractivity contribution in [3.8, 4) is 0 Å². The average molecular weight is 310 g/mol. The number of ether oxygens (including phenoxy) is 1. The SMILES string of the molecule is C[C@H]1C[C@@H](n2cc([N+](=O)[O-])cn2)CCN1C(=O)OC(C)(C)C. The number of likely N-dealkylation sites (tertiary alicyclic amines) is 1. The van der Waals surface area contributed by atoms with Gasteiger partial charge in [-0.05, 0) is 40.5 Å². The van der Waals surface area contributed by atoms with Gasteiger partial charge in [-0.2, -0.15) is 5.10 Å². The summed E-state index contributed by atoms with van der Waals surface area (Å²) in [6.45, 7) is 8.02. The first-order chi connectivity index (χ1) is 10.2. The van der Waals surface area contributed by atoms with E-state index in [2.05, 4.69) is 5.10 Å². The third-order valence-corrected chi connectivity index (χ3v) is 3.65. The molecule has 1 aliphatic heterocycles. The lowest BCUT2D eigenvalue weighted by atomic mass is 9.99. The molecule has 0 spiro atoms. The number of hydrogen-bond donors (Lipinski definition) is 0. The Balaban J connectivity index is 2.00. The molecular formula is C14H22N4O4. The van der Waals surface area contributed by atoms with Gasteiger partial charge < -0.3 is 9.64 Å². The Bertz CT molecular complexity index is 563. The van der Waals surface area contributed by atoms with Gasteiger partial charge in [0.1, 0.15) is 18.0 Å². The smallest absolute Gasteiger partial charge is 0.410 e. The lowest BCUT2D eigenvalue weighted by molar-refractivity contribution is -0.385. The third kappa shape index (κ3) is 3.75. The molecule has 2 atom stereocenters. The van der Waals surface area contributed by atoms with Crippen molar-refractivity contribution in [3.05, 3.63) is 22.5 Å². The van der Waals surface area contributed by atoms with Gasteiger partial charge in [0.15, 0.2) is 0 Å². The maximum Gasteiger partial charge on any atom is 0.410 e. The number of amides is 1. The lowest BCUT2D eigenvalue weighted by Gasteiger charge is -2.38. The summed E-state index contributed by atoms with van der Waals surface area (Å²) < 4.78 is 7.03. The summed E-state index contributed by atoms with van der Waals surface area (Å²) >= 11 is 0. The highest BCUT2D eigenvalue weighted by Gasteiger charge is 2.33. The monoisotopic (exact) mass is 310 g/mol. The Morgan fingerprint density at radius 3 is 2.68 bits per heavy atom. The summed E-state index contributed by atoms with van der Waals surface area (Å²) in [6.07, 6.45) is 3.77. The zero-order valence-corrected chi connectivity index (χ0v) is 13.4. The molecule has 1 amide bonds. The minimum Gasteiger partial charge on any atom is -0.444 e. The third-order valence-electron chi connectivity index (χ3n) is 3.65. The molecule has 0 bridgehead atoms. The van der Waals surface area contributed by atoms with Crippen LogP contribution in [0.5, 0.6) is 0 Å². The fourth-order valence-corrected chi connectivity index (χ4v) is 2.60. The van der Waals surface area contributed by atoms with E-state index in [-0.39, 0.29) is 23.9 Å². The van der Waals surface area contributed by atoms with Crippen molar-refractivity contribution in [2.24, 2.45) is 0 Å². The van der Waals surface area contributed by atoms with E-state index in [1.807, 2.05) is 27.7 Å². The van der Waals surface area contributed by atoms with Crippen LogP contribution in [-0.2, 0) is 4.74 Å². The number of rotatable bonds is 2. The predicted octanol–water partition coefficient (Wildman–Crippen LogP) is 2.75. The first-order valence-corrected chi connectivity index (χ1v) is 7.35. The van der Waals surface area contributed by atoms with Crippen molar-refractivity contribution < 1.29 is 14.5 Å². The van der Waals surface area contributed by atoms with E-state index in [9.17, 15) is 14.9 Å². The van der Waals surface area contributed by atoms with Crippen LogP contribution in [0.3, 0.4) is 0 Å². The zero-order valence-electron chi connectivity index (χ0n) is 13.4. The highest BCUT2D eigenvalue weighted by atomic mass is 16.6. The standard InChI is InChI=1S/C14H22N4O4/c1-10-7-11(17-9-12(8-15-17)18(20)21)5-6-16(10)13(19)22-14(2,3)4/h8-11H,5-7H2,1-4H3/t10-,11-/m0/s1. The molecule has 1 aromatic rings. The van der Waals surface area contributed by atoms with Crippen molar-refractivity contribution in [1.82, 2.24) is 14.7 Å². The molecule has 0 aliphatic carbocycles. The van der Waals surface area contributed by atoms with Crippen LogP contribution < -0.4 is 0 Å². The van der Waals surface area contributed by atoms with Gasteiger partial charge in [-0.25, -0.2) is 4.79 Å². The highest BCUT2D eigenvalue weighted by Crippen LogP contribution is 2.28. The Labute approximate surface area is 129 Å². The largest absolute Gasteiger partial charge is 0.444 e. The van der Waals surface area contributed by atoms with Gasteiger partial charge in [0.05, 0.1) is 11.0 Å². The summed E-state index contributed by atoms with van der Waals surface area (Å²) in [6, 6.07) is 0.0549. The zero-order chi connectivity index (χ0) is 16.5. The van der Waals surface area contributed by atoms with Crippen molar-refractivity contribution in [1.29, 1.82) is 0 Å². The van der Waals surface area contributed by atoms with Crippen LogP contribution in [0.4, 0.5) is 10.5 Å². The van der Waals surface area contributed by atoms with Crippen LogP contribution in [0.25, 0.3) is 0 Å². The van der Waals surface area contributed by atoms with E-state index in [0.717, 1.165) is 0 Å². The summed E-state index contributed by atoms with van der Waals surface area (Å²) in [7, 11) is 0. The van der Waals surface area contributed by atoms with E-state index in [1.54, 1.807) is 9.58 Å². The molecule has 0 aromatic carbocycles. The molecule has 2 rings (SSSR count). The topological polar surface area (TPSA) is 90.5 Å². The van der Waals surface area contributed by atoms with E-state index in [1.165, 1.54) is 12.4 Å². The van der Waals surface area contributed by atoms with Gasteiger partial charge >= 0.3 is 11.8 Å². The summed E-state index contributed by atoms with van der Waals surface area (Å²) in [5.74, 6) is 0. The van der Waals surface area contributed by atoms with Crippen LogP contribution in [0, 0.1) is 10.1 Å². The first-order valence-electron chi connectivity index (χ1n) is 7.35. The number of hydrogen-bond acceptors (Lipinski definition) is 5. The van der Waals surface area contributed by atoms with Gasteiger partial charge in [0.2, 0.25) is 0 Å². The number of nitrogens with zero attached hydrogens (tertiary/aromatic N) is 4. The highest BCUT2D eigenvalue weighted by molar-refractivity contribution is 5.68. The molecule has 8 nitrogen and oxygen atoms in total. The Kier molecular flexibility index (Phi) is 4.39. The van der Waals surface area contributed by atoms with Gasteiger partial charge in [-0.3, -0.25) is 14.8 Å². The molecule has 0 N–H and O–H groups in total. The van der Waals surface area contributed by atoms with Crippen LogP contribution in [-0.4, -0.2) is 43.9 Å². The molecule has 1 aliphatic rings. The van der Waals surface area contributed by atoms with Crippen molar-refractivity contribution in [2.75, 3.05) is 6.54 Å². The lowest BCUT2D eigenvalue weighted by Crippen LogP contribution is -2.47. The Hall–Kier alpha value is -2.12. The predicted molar refractivity (Wildman–Crippen MR) is 79.6 cm³/mol. The normalized spacial score (nSPS) is 22.5. The van der Waals surface area contributed by atoms with E-state index in [0.29, 0.717) is 19.4 Å². The van der Waals surface area contributed by atoms with Gasteiger partial charge in [-0.1, -0.05) is 0 Å². The maximum absolute atomic E-state index is 12.2. The number of carbonyl (C=O) groups is 1. The van der Waals surface area contributed by atoms with Crippen LogP contribution in [0.2, 0.25) is 0 Å². The molecular weight excluding hydrogens is 288 g/mol. The Morgan fingerprint density at radius 2 is 2.18 bits per heavy atom. The molecule has 8 heteroatoms. The van der Waals surface area contributed by atoms with E-state index >= 15 is 0 Å². The molecule has 1 fully saturated rings. The first kappa shape index (κ1) is 16.3. The molecule has 1 saturated heterocycles. The quantitative estimate of drug-likeness (QED) is 0.619. The van der Waals surface area contributed by atoms with E-state index < -0.39 is 10.5 Å². The van der Waals surface area contributed by atoms with Gasteiger partial charge in [0.25, 0.3) is 0 Å². The fourth-order valence-electron chi connectivity index (χ4n) is 2.60. The number of carbonyl (C=O) groups excluding carboxylic acids is 1. The van der Waals surface area contributed by atoms with Crippen LogP contribution >= 0.6 is 0 Å². The van der Waals surface area contributed by atoms with Gasteiger partial charge in [-0.15, -0.1) is 0 Å². The minimum absolute atomic E-state index is 0.00291. The number of aromatic nitrogens is 2. The Morgan fingerprint density at radius 1 is 1.50 bits per heavy atom. The van der Waals surface area contributed by atoms with E-state index in [4.69, 9.17) is 4.74 Å². The van der Waals surface area contributed by atoms with Crippen molar-refractivity contribution in [2.45, 2.75) is 58.2 Å². The molecule has 2 heterocycles. The minimum atomic E-state index is -0.518. The summed E-state index contributed by atoms with van der Waals surface area (Å²) in [4.78, 5) is 24.1. The summed E-state index contributed by atoms with van der Waals surface area (Å²) in [5.41, 5.74) is -0.529. The molecule has 122 valence electrons. The second kappa shape index (κ2) is 5.94. The second-order valence-corrected chi connectivity index (χ2v) is 6.64. The number of piperidine rings is 1. The molecule has 0 unspecified atom stereocenters. The van der Waals surface area contributed by atoms with Crippen molar-refractivity contribution >= 4 is 11.8 Å². The van der Waals surface area contributed by atoms with Crippen LogP contribution in [0.1, 0.15) is 46.6 Å². The van der Waals surface area contributed by atoms with Gasteiger partial charge in [0, 0.05) is 12.6 Å². The average Bonchev–Trinajstić information content (AvgIpc) is 2.85. The van der Waals surface area contributed by atoms with Crippen molar-refractivity contribution in [3.63, 3.8) is 0 Å². The molecule has 22 heavy (non-hydrogen) atoms. The summed E-state index contributed by atoms with van der Waals surface area (Å²) in [5, 5.41) is 14.8. The second-order valence-electron chi connectivity index (χ2n) is 6.64. The maximum atomic E-state index is 12.2. The molecule has 0 radical (unpaired) electrons. The molecule has 0 saturated carbocycles. The molecule has 1 aromatic heterocycles.